The number of aryl methyl sites for hydroxylation is 2. The van der Waals surface area contributed by atoms with E-state index in [1.807, 2.05) is 32.0 Å². The Morgan fingerprint density at radius 1 is 1.00 bits per heavy atom. The van der Waals surface area contributed by atoms with Crippen LogP contribution in [-0.2, 0) is 14.3 Å². The molecular weight excluding hydrogens is 344 g/mol. The fourth-order valence-electron chi connectivity index (χ4n) is 2.87. The summed E-state index contributed by atoms with van der Waals surface area (Å²) < 4.78 is 4.78. The Morgan fingerprint density at radius 2 is 1.63 bits per heavy atom. The Hall–Kier alpha value is -3.15. The van der Waals surface area contributed by atoms with Gasteiger partial charge in [0.05, 0.1) is 18.4 Å². The molecule has 2 amide bonds. The molecule has 0 aliphatic carbocycles. The Kier molecular flexibility index (Phi) is 6.71. The molecule has 0 aliphatic rings. The molecule has 2 rings (SSSR count). The van der Waals surface area contributed by atoms with Gasteiger partial charge in [-0.1, -0.05) is 30.3 Å². The fourth-order valence-corrected chi connectivity index (χ4v) is 2.87. The Labute approximate surface area is 159 Å². The number of para-hydroxylation sites is 2. The number of hydrogen-bond donors (Lipinski definition) is 1. The molecule has 1 N–H and O–H groups in total. The molecule has 6 heteroatoms. The fraction of sp³-hybridized carbons (Fsp3) is 0.286. The highest BCUT2D eigenvalue weighted by atomic mass is 16.5. The lowest BCUT2D eigenvalue weighted by atomic mass is 10.1. The molecule has 0 fully saturated rings. The number of benzene rings is 2. The van der Waals surface area contributed by atoms with E-state index in [1.54, 1.807) is 24.3 Å². The van der Waals surface area contributed by atoms with Crippen molar-refractivity contribution in [3.63, 3.8) is 0 Å². The summed E-state index contributed by atoms with van der Waals surface area (Å²) in [4.78, 5) is 37.9. The van der Waals surface area contributed by atoms with E-state index in [2.05, 4.69) is 5.32 Å². The van der Waals surface area contributed by atoms with E-state index in [4.69, 9.17) is 4.74 Å². The predicted octanol–water partition coefficient (Wildman–Crippen LogP) is 3.47. The summed E-state index contributed by atoms with van der Waals surface area (Å²) in [5.74, 6) is -0.989. The zero-order chi connectivity index (χ0) is 20.0. The molecule has 0 spiro atoms. The minimum absolute atomic E-state index is 0.100. The second-order valence-electron chi connectivity index (χ2n) is 6.24. The number of esters is 1. The van der Waals surface area contributed by atoms with Gasteiger partial charge >= 0.3 is 5.97 Å². The van der Waals surface area contributed by atoms with Crippen molar-refractivity contribution in [2.75, 3.05) is 23.9 Å². The van der Waals surface area contributed by atoms with Gasteiger partial charge in [-0.05, 0) is 37.1 Å². The van der Waals surface area contributed by atoms with Crippen molar-refractivity contribution in [2.45, 2.75) is 27.2 Å². The van der Waals surface area contributed by atoms with Crippen LogP contribution in [-0.4, -0.2) is 31.4 Å². The summed E-state index contributed by atoms with van der Waals surface area (Å²) in [7, 11) is 1.29. The molecule has 27 heavy (non-hydrogen) atoms. The van der Waals surface area contributed by atoms with Crippen LogP contribution in [0.25, 0.3) is 0 Å². The molecule has 142 valence electrons. The number of nitrogens with one attached hydrogen (secondary N) is 1. The summed E-state index contributed by atoms with van der Waals surface area (Å²) >= 11 is 0. The summed E-state index contributed by atoms with van der Waals surface area (Å²) in [5.41, 5.74) is 3.44. The van der Waals surface area contributed by atoms with Gasteiger partial charge in [-0.3, -0.25) is 9.59 Å². The quantitative estimate of drug-likeness (QED) is 0.792. The zero-order valence-electron chi connectivity index (χ0n) is 16.0. The summed E-state index contributed by atoms with van der Waals surface area (Å²) in [6, 6.07) is 12.5. The zero-order valence-corrected chi connectivity index (χ0v) is 16.0. The SMILES string of the molecule is COC(=O)c1ccccc1N(CCC(=O)Nc1c(C)cccc1C)C(C)=O. The van der Waals surface area contributed by atoms with E-state index in [0.29, 0.717) is 5.69 Å². The molecule has 0 saturated carbocycles. The molecule has 6 nitrogen and oxygen atoms in total. The van der Waals surface area contributed by atoms with Gasteiger partial charge in [-0.25, -0.2) is 4.79 Å². The molecule has 0 aromatic heterocycles. The molecule has 0 bridgehead atoms. The maximum Gasteiger partial charge on any atom is 0.339 e. The van der Waals surface area contributed by atoms with Crippen LogP contribution in [0.4, 0.5) is 11.4 Å². The average molecular weight is 368 g/mol. The lowest BCUT2D eigenvalue weighted by molar-refractivity contribution is -0.117. The molecule has 0 radical (unpaired) electrons. The van der Waals surface area contributed by atoms with Gasteiger partial charge in [0.25, 0.3) is 0 Å². The number of amides is 2. The Bertz CT molecular complexity index is 841. The molecular formula is C21H24N2O4. The van der Waals surface area contributed by atoms with Gasteiger partial charge in [0, 0.05) is 25.6 Å². The highest BCUT2D eigenvalue weighted by Gasteiger charge is 2.20. The highest BCUT2D eigenvalue weighted by molar-refractivity contribution is 6.02. The molecule has 0 atom stereocenters. The van der Waals surface area contributed by atoms with E-state index in [0.717, 1.165) is 16.8 Å². The minimum atomic E-state index is -0.531. The number of anilines is 2. The minimum Gasteiger partial charge on any atom is -0.465 e. The van der Waals surface area contributed by atoms with Gasteiger partial charge in [-0.2, -0.15) is 0 Å². The number of carbonyl (C=O) groups excluding carboxylic acids is 3. The second-order valence-corrected chi connectivity index (χ2v) is 6.24. The first-order valence-corrected chi connectivity index (χ1v) is 8.66. The van der Waals surface area contributed by atoms with Crippen LogP contribution >= 0.6 is 0 Å². The van der Waals surface area contributed by atoms with Gasteiger partial charge in [0.15, 0.2) is 0 Å². The first kappa shape index (κ1) is 20.2. The second kappa shape index (κ2) is 8.98. The van der Waals surface area contributed by atoms with Crippen LogP contribution < -0.4 is 10.2 Å². The third kappa shape index (κ3) is 4.94. The van der Waals surface area contributed by atoms with Gasteiger partial charge in [-0.15, -0.1) is 0 Å². The van der Waals surface area contributed by atoms with E-state index >= 15 is 0 Å². The maximum absolute atomic E-state index is 12.4. The van der Waals surface area contributed by atoms with Crippen molar-refractivity contribution < 1.29 is 19.1 Å². The van der Waals surface area contributed by atoms with Crippen LogP contribution in [0.2, 0.25) is 0 Å². The van der Waals surface area contributed by atoms with Crippen molar-refractivity contribution in [3.05, 3.63) is 59.2 Å². The first-order valence-electron chi connectivity index (χ1n) is 8.66. The number of ether oxygens (including phenoxy) is 1. The number of methoxy groups -OCH3 is 1. The molecule has 0 heterocycles. The van der Waals surface area contributed by atoms with E-state index in [9.17, 15) is 14.4 Å². The summed E-state index contributed by atoms with van der Waals surface area (Å²) in [5, 5.41) is 2.90. The van der Waals surface area contributed by atoms with Crippen molar-refractivity contribution in [1.29, 1.82) is 0 Å². The molecule has 2 aromatic carbocycles. The van der Waals surface area contributed by atoms with E-state index in [1.165, 1.54) is 18.9 Å². The van der Waals surface area contributed by atoms with Crippen LogP contribution in [0.15, 0.2) is 42.5 Å². The Morgan fingerprint density at radius 3 is 2.22 bits per heavy atom. The third-order valence-corrected chi connectivity index (χ3v) is 4.29. The molecule has 0 unspecified atom stereocenters. The monoisotopic (exact) mass is 368 g/mol. The van der Waals surface area contributed by atoms with Crippen molar-refractivity contribution in [2.24, 2.45) is 0 Å². The predicted molar refractivity (Wildman–Crippen MR) is 105 cm³/mol. The summed E-state index contributed by atoms with van der Waals surface area (Å²) in [6.45, 7) is 5.41. The van der Waals surface area contributed by atoms with Crippen LogP contribution in [0.5, 0.6) is 0 Å². The standard InChI is InChI=1S/C21H24N2O4/c1-14-8-7-9-15(2)20(14)22-19(25)12-13-23(16(3)24)18-11-6-5-10-17(18)21(26)27-4/h5-11H,12-13H2,1-4H3,(H,22,25). The maximum atomic E-state index is 12.4. The smallest absolute Gasteiger partial charge is 0.339 e. The lowest BCUT2D eigenvalue weighted by Gasteiger charge is -2.23. The number of nitrogens with zero attached hydrogens (tertiary/aromatic N) is 1. The molecule has 0 saturated heterocycles. The largest absolute Gasteiger partial charge is 0.465 e. The third-order valence-electron chi connectivity index (χ3n) is 4.29. The molecule has 2 aromatic rings. The molecule has 0 aliphatic heterocycles. The van der Waals surface area contributed by atoms with Gasteiger partial charge < -0.3 is 15.0 Å². The van der Waals surface area contributed by atoms with Crippen molar-refractivity contribution >= 4 is 29.2 Å². The lowest BCUT2D eigenvalue weighted by Crippen LogP contribution is -2.33. The van der Waals surface area contributed by atoms with Crippen molar-refractivity contribution in [1.82, 2.24) is 0 Å². The summed E-state index contributed by atoms with van der Waals surface area (Å²) in [6.07, 6.45) is 0.100. The highest BCUT2D eigenvalue weighted by Crippen LogP contribution is 2.23. The number of rotatable bonds is 6. The number of hydrogen-bond acceptors (Lipinski definition) is 4. The normalized spacial score (nSPS) is 10.2. The van der Waals surface area contributed by atoms with Crippen LogP contribution in [0.1, 0.15) is 34.8 Å². The van der Waals surface area contributed by atoms with Crippen LogP contribution in [0.3, 0.4) is 0 Å². The Balaban J connectivity index is 2.15. The van der Waals surface area contributed by atoms with Crippen LogP contribution in [0, 0.1) is 13.8 Å². The van der Waals surface area contributed by atoms with Crippen molar-refractivity contribution in [3.8, 4) is 0 Å². The van der Waals surface area contributed by atoms with E-state index in [-0.39, 0.29) is 30.3 Å². The first-order chi connectivity index (χ1) is 12.8. The average Bonchev–Trinajstić information content (AvgIpc) is 2.64. The topological polar surface area (TPSA) is 75.7 Å². The van der Waals surface area contributed by atoms with Gasteiger partial charge in [0.2, 0.25) is 11.8 Å². The van der Waals surface area contributed by atoms with Gasteiger partial charge in [0.1, 0.15) is 0 Å². The van der Waals surface area contributed by atoms with E-state index < -0.39 is 5.97 Å². The number of carbonyl (C=O) groups is 3.